The van der Waals surface area contributed by atoms with E-state index in [1.54, 1.807) is 0 Å². The summed E-state index contributed by atoms with van der Waals surface area (Å²) in [4.78, 5) is 2.36. The summed E-state index contributed by atoms with van der Waals surface area (Å²) in [6.45, 7) is 4.72. The van der Waals surface area contributed by atoms with Gasteiger partial charge in [0, 0.05) is 55.0 Å². The van der Waals surface area contributed by atoms with Crippen LogP contribution in [0, 0.1) is 0 Å². The Bertz CT molecular complexity index is 3790. The Morgan fingerprint density at radius 2 is 0.859 bits per heavy atom. The molecule has 3 nitrogen and oxygen atoms in total. The Hall–Kier alpha value is -8.14. The highest BCUT2D eigenvalue weighted by Crippen LogP contribution is 2.52. The van der Waals surface area contributed by atoms with E-state index in [1.807, 2.05) is 12.1 Å². The lowest BCUT2D eigenvalue weighted by Gasteiger charge is -2.27. The van der Waals surface area contributed by atoms with Gasteiger partial charge >= 0.3 is 0 Å². The van der Waals surface area contributed by atoms with Gasteiger partial charge in [-0.25, -0.2) is 0 Å². The molecule has 0 fully saturated rings. The van der Waals surface area contributed by atoms with Gasteiger partial charge in [-0.15, -0.1) is 0 Å². The number of nitrogens with zero attached hydrogens (tertiary/aromatic N) is 1. The average Bonchev–Trinajstić information content (AvgIpc) is 4.00. The van der Waals surface area contributed by atoms with E-state index in [4.69, 9.17) is 8.83 Å². The molecular weight excluding hydrogens is 779 g/mol. The molecule has 0 saturated carbocycles. The van der Waals surface area contributed by atoms with E-state index in [9.17, 15) is 0 Å². The molecule has 0 spiro atoms. The molecule has 2 aromatic heterocycles. The van der Waals surface area contributed by atoms with Crippen LogP contribution in [0.2, 0.25) is 0 Å². The van der Waals surface area contributed by atoms with Crippen molar-refractivity contribution in [3.8, 4) is 44.5 Å². The smallest absolute Gasteiger partial charge is 0.143 e. The fourth-order valence-electron chi connectivity index (χ4n) is 10.7. The second-order valence-corrected chi connectivity index (χ2v) is 17.6. The third kappa shape index (κ3) is 5.47. The van der Waals surface area contributed by atoms with Gasteiger partial charge < -0.3 is 13.7 Å². The van der Waals surface area contributed by atoms with Crippen LogP contribution >= 0.6 is 0 Å². The van der Waals surface area contributed by atoms with Gasteiger partial charge in [-0.3, -0.25) is 0 Å². The van der Waals surface area contributed by atoms with Gasteiger partial charge in [0.25, 0.3) is 0 Å². The minimum Gasteiger partial charge on any atom is -0.455 e. The number of anilines is 3. The van der Waals surface area contributed by atoms with Gasteiger partial charge in [-0.2, -0.15) is 0 Å². The topological polar surface area (TPSA) is 29.5 Å². The summed E-state index contributed by atoms with van der Waals surface area (Å²) in [5.41, 5.74) is 19.1. The fraction of sp³-hybridized carbons (Fsp3) is 0.0492. The zero-order valence-corrected chi connectivity index (χ0v) is 35.5. The highest BCUT2D eigenvalue weighted by molar-refractivity contribution is 6.19. The Balaban J connectivity index is 0.917. The van der Waals surface area contributed by atoms with E-state index in [-0.39, 0.29) is 5.41 Å². The first-order valence-corrected chi connectivity index (χ1v) is 22.1. The van der Waals surface area contributed by atoms with E-state index in [2.05, 4.69) is 219 Å². The van der Waals surface area contributed by atoms with Crippen molar-refractivity contribution in [1.82, 2.24) is 0 Å². The molecule has 13 rings (SSSR count). The molecule has 0 saturated heterocycles. The molecule has 0 amide bonds. The first-order chi connectivity index (χ1) is 31.5. The van der Waals surface area contributed by atoms with Crippen LogP contribution in [0.5, 0.6) is 0 Å². The van der Waals surface area contributed by atoms with Crippen molar-refractivity contribution in [2.24, 2.45) is 0 Å². The third-order valence-corrected chi connectivity index (χ3v) is 13.7. The minimum atomic E-state index is -0.107. The third-order valence-electron chi connectivity index (χ3n) is 13.7. The molecule has 0 atom stereocenters. The Labute approximate surface area is 371 Å². The minimum absolute atomic E-state index is 0.107. The van der Waals surface area contributed by atoms with Gasteiger partial charge in [0.2, 0.25) is 0 Å². The lowest BCUT2D eigenvalue weighted by molar-refractivity contribution is 0.662. The first kappa shape index (κ1) is 36.5. The maximum Gasteiger partial charge on any atom is 0.143 e. The molecule has 0 bridgehead atoms. The Kier molecular flexibility index (Phi) is 7.95. The lowest BCUT2D eigenvalue weighted by atomic mass is 9.79. The normalized spacial score (nSPS) is 13.0. The van der Waals surface area contributed by atoms with Crippen molar-refractivity contribution in [2.45, 2.75) is 19.3 Å². The van der Waals surface area contributed by atoms with Gasteiger partial charge in [0.15, 0.2) is 0 Å². The highest BCUT2D eigenvalue weighted by Gasteiger charge is 2.37. The fourth-order valence-corrected chi connectivity index (χ4v) is 10.7. The number of rotatable bonds is 6. The van der Waals surface area contributed by atoms with Gasteiger partial charge in [-0.1, -0.05) is 172 Å². The van der Waals surface area contributed by atoms with Crippen molar-refractivity contribution < 1.29 is 8.83 Å². The van der Waals surface area contributed by atoms with Gasteiger partial charge in [0.1, 0.15) is 22.3 Å². The maximum absolute atomic E-state index is 6.57. The van der Waals surface area contributed by atoms with Crippen LogP contribution in [0.3, 0.4) is 0 Å². The number of hydrogen-bond donors (Lipinski definition) is 0. The van der Waals surface area contributed by atoms with Crippen molar-refractivity contribution in [2.75, 3.05) is 4.90 Å². The summed E-state index contributed by atoms with van der Waals surface area (Å²) in [7, 11) is 0. The van der Waals surface area contributed by atoms with Crippen LogP contribution in [-0.4, -0.2) is 0 Å². The van der Waals surface area contributed by atoms with Crippen LogP contribution < -0.4 is 4.90 Å². The molecule has 12 aromatic rings. The van der Waals surface area contributed by atoms with Crippen LogP contribution in [0.1, 0.15) is 25.0 Å². The van der Waals surface area contributed by atoms with E-state index >= 15 is 0 Å². The number of para-hydroxylation sites is 2. The standard InChI is InChI=1S/C61H41NO2/c1-61(2)54-21-7-5-14-49(54)51-19-9-17-46(58(51)61)40-26-33-43(34-27-40)62(44-35-28-41(29-36-44)48-18-10-20-52-50-15-6-8-22-55(50)63-59(48)52)42-31-24-39(25-32-42)45-16-11-23-56-57(45)53-37-30-38-12-3-4-13-47(38)60(53)64-56/h3-37H,1-2H3. The zero-order valence-electron chi connectivity index (χ0n) is 35.5. The second kappa shape index (κ2) is 13.9. The van der Waals surface area contributed by atoms with Crippen molar-refractivity contribution >= 4 is 71.7 Å². The maximum atomic E-state index is 6.57. The van der Waals surface area contributed by atoms with E-state index in [0.29, 0.717) is 0 Å². The van der Waals surface area contributed by atoms with Crippen LogP contribution in [0.25, 0.3) is 99.2 Å². The van der Waals surface area contributed by atoms with Crippen molar-refractivity contribution in [3.05, 3.63) is 223 Å². The molecule has 1 aliphatic carbocycles. The van der Waals surface area contributed by atoms with E-state index in [0.717, 1.165) is 88.6 Å². The summed E-state index contributed by atoms with van der Waals surface area (Å²) in [6.07, 6.45) is 0. The largest absolute Gasteiger partial charge is 0.455 e. The van der Waals surface area contributed by atoms with Gasteiger partial charge in [0.05, 0.1) is 0 Å². The molecule has 0 radical (unpaired) electrons. The Morgan fingerprint density at radius 1 is 0.344 bits per heavy atom. The molecule has 302 valence electrons. The number of furan rings is 2. The van der Waals surface area contributed by atoms with Crippen LogP contribution in [0.15, 0.2) is 221 Å². The summed E-state index contributed by atoms with van der Waals surface area (Å²) in [5.74, 6) is 0. The summed E-state index contributed by atoms with van der Waals surface area (Å²) < 4.78 is 13.0. The van der Waals surface area contributed by atoms with Gasteiger partial charge in [-0.05, 0) is 110 Å². The van der Waals surface area contributed by atoms with Crippen molar-refractivity contribution in [1.29, 1.82) is 0 Å². The molecule has 0 aliphatic heterocycles. The molecule has 10 aromatic carbocycles. The summed E-state index contributed by atoms with van der Waals surface area (Å²) in [6, 6.07) is 76.5. The number of hydrogen-bond acceptors (Lipinski definition) is 3. The summed E-state index contributed by atoms with van der Waals surface area (Å²) >= 11 is 0. The SMILES string of the molecule is CC1(C)c2ccccc2-c2cccc(-c3ccc(N(c4ccc(-c5cccc6c5oc5ccccc56)cc4)c4ccc(-c5cccc6oc7c8ccccc8ccc7c56)cc4)cc3)c21. The molecule has 0 N–H and O–H groups in total. The second-order valence-electron chi connectivity index (χ2n) is 17.6. The molecule has 0 unspecified atom stereocenters. The predicted octanol–water partition coefficient (Wildman–Crippen LogP) is 17.4. The molecule has 64 heavy (non-hydrogen) atoms. The molecule has 1 aliphatic rings. The summed E-state index contributed by atoms with van der Waals surface area (Å²) in [5, 5.41) is 6.83. The quantitative estimate of drug-likeness (QED) is 0.167. The average molecular weight is 820 g/mol. The van der Waals surface area contributed by atoms with Crippen LogP contribution in [0.4, 0.5) is 17.1 Å². The highest BCUT2D eigenvalue weighted by atomic mass is 16.3. The van der Waals surface area contributed by atoms with E-state index < -0.39 is 0 Å². The lowest BCUT2D eigenvalue weighted by Crippen LogP contribution is -2.16. The van der Waals surface area contributed by atoms with Crippen LogP contribution in [-0.2, 0) is 5.41 Å². The molecular formula is C61H41NO2. The molecule has 3 heteroatoms. The Morgan fingerprint density at radius 3 is 1.62 bits per heavy atom. The molecule has 2 heterocycles. The monoisotopic (exact) mass is 819 g/mol. The first-order valence-electron chi connectivity index (χ1n) is 22.1. The van der Waals surface area contributed by atoms with Crippen molar-refractivity contribution in [3.63, 3.8) is 0 Å². The zero-order chi connectivity index (χ0) is 42.5. The van der Waals surface area contributed by atoms with E-state index in [1.165, 1.54) is 38.8 Å². The predicted molar refractivity (Wildman–Crippen MR) is 267 cm³/mol. The number of fused-ring (bicyclic) bond motifs is 11. The number of benzene rings is 10.